The third-order valence-corrected chi connectivity index (χ3v) is 1.90. The first-order valence-corrected chi connectivity index (χ1v) is 4.86. The largest absolute Gasteiger partial charge is 0.434 e. The lowest BCUT2D eigenvalue weighted by atomic mass is 10.3. The molecule has 0 aliphatic rings. The number of hydrogen-bond donors (Lipinski definition) is 0. The Bertz CT molecular complexity index is 336. The molecular formula is C9H11F5N2O. The van der Waals surface area contributed by atoms with Gasteiger partial charge in [0.2, 0.25) is 6.23 Å². The molecule has 1 heterocycles. The standard InChI is InChI=1S/C9H11F5N2O/c1-2-3-8(10,11)17-7(9(12,13)14)16-5-4-15-6-16/h4-7H,2-3H2,1H3. The van der Waals surface area contributed by atoms with Gasteiger partial charge in [0.1, 0.15) is 0 Å². The SMILES string of the molecule is CCCC(F)(F)OC(n1ccnc1)C(F)(F)F. The first-order chi connectivity index (χ1) is 7.76. The lowest BCUT2D eigenvalue weighted by Gasteiger charge is -2.26. The number of hydrogen-bond acceptors (Lipinski definition) is 2. The zero-order valence-electron chi connectivity index (χ0n) is 8.92. The average Bonchev–Trinajstić information content (AvgIpc) is 2.64. The molecule has 1 rings (SSSR count). The molecule has 98 valence electrons. The van der Waals surface area contributed by atoms with Crippen molar-refractivity contribution in [1.29, 1.82) is 0 Å². The molecule has 8 heteroatoms. The van der Waals surface area contributed by atoms with Gasteiger partial charge in [0.15, 0.2) is 0 Å². The minimum atomic E-state index is -4.93. The summed E-state index contributed by atoms with van der Waals surface area (Å²) >= 11 is 0. The Balaban J connectivity index is 2.87. The summed E-state index contributed by atoms with van der Waals surface area (Å²) in [5.41, 5.74) is 0. The molecule has 0 amide bonds. The highest BCUT2D eigenvalue weighted by molar-refractivity contribution is 4.80. The topological polar surface area (TPSA) is 27.1 Å². The van der Waals surface area contributed by atoms with Crippen molar-refractivity contribution in [3.05, 3.63) is 18.7 Å². The van der Waals surface area contributed by atoms with Gasteiger partial charge < -0.3 is 4.57 Å². The summed E-state index contributed by atoms with van der Waals surface area (Å²) in [4.78, 5) is 3.37. The zero-order chi connectivity index (χ0) is 13.1. The highest BCUT2D eigenvalue weighted by Crippen LogP contribution is 2.37. The van der Waals surface area contributed by atoms with Gasteiger partial charge in [-0.1, -0.05) is 6.92 Å². The Labute approximate surface area is 94.2 Å². The monoisotopic (exact) mass is 258 g/mol. The van der Waals surface area contributed by atoms with E-state index in [-0.39, 0.29) is 6.42 Å². The van der Waals surface area contributed by atoms with Crippen LogP contribution in [0.3, 0.4) is 0 Å². The summed E-state index contributed by atoms with van der Waals surface area (Å²) in [5, 5.41) is 0. The van der Waals surface area contributed by atoms with E-state index in [0.717, 1.165) is 18.7 Å². The molecule has 0 radical (unpaired) electrons. The molecule has 0 bridgehead atoms. The van der Waals surface area contributed by atoms with Crippen molar-refractivity contribution in [2.24, 2.45) is 0 Å². The number of rotatable bonds is 5. The van der Waals surface area contributed by atoms with Crippen LogP contribution >= 0.6 is 0 Å². The molecule has 17 heavy (non-hydrogen) atoms. The molecule has 0 aliphatic carbocycles. The van der Waals surface area contributed by atoms with Crippen molar-refractivity contribution in [3.8, 4) is 0 Å². The van der Waals surface area contributed by atoms with Crippen molar-refractivity contribution < 1.29 is 26.7 Å². The Kier molecular flexibility index (Phi) is 4.07. The predicted octanol–water partition coefficient (Wildman–Crippen LogP) is 3.35. The van der Waals surface area contributed by atoms with E-state index in [1.807, 2.05) is 0 Å². The minimum absolute atomic E-state index is 0.0154. The zero-order valence-corrected chi connectivity index (χ0v) is 8.92. The van der Waals surface area contributed by atoms with Gasteiger partial charge in [-0.05, 0) is 6.42 Å². The molecule has 1 atom stereocenters. The second kappa shape index (κ2) is 4.99. The second-order valence-corrected chi connectivity index (χ2v) is 3.41. The van der Waals surface area contributed by atoms with Gasteiger partial charge in [-0.15, -0.1) is 0 Å². The number of aromatic nitrogens is 2. The molecular weight excluding hydrogens is 247 g/mol. The molecule has 0 spiro atoms. The van der Waals surface area contributed by atoms with Crippen LogP contribution in [0.1, 0.15) is 26.0 Å². The van der Waals surface area contributed by atoms with E-state index in [4.69, 9.17) is 0 Å². The molecule has 0 fully saturated rings. The number of ether oxygens (including phenoxy) is 1. The fraction of sp³-hybridized carbons (Fsp3) is 0.667. The molecule has 0 aliphatic heterocycles. The number of nitrogens with zero attached hydrogens (tertiary/aromatic N) is 2. The number of halogens is 5. The smallest absolute Gasteiger partial charge is 0.303 e. The van der Waals surface area contributed by atoms with E-state index in [9.17, 15) is 22.0 Å². The van der Waals surface area contributed by atoms with Crippen molar-refractivity contribution in [2.75, 3.05) is 0 Å². The Morgan fingerprint density at radius 1 is 1.29 bits per heavy atom. The van der Waals surface area contributed by atoms with E-state index in [1.165, 1.54) is 6.92 Å². The van der Waals surface area contributed by atoms with Gasteiger partial charge in [-0.25, -0.2) is 4.98 Å². The molecule has 0 saturated carbocycles. The molecule has 1 unspecified atom stereocenters. The highest BCUT2D eigenvalue weighted by Gasteiger charge is 2.48. The molecule has 1 aromatic heterocycles. The van der Waals surface area contributed by atoms with Crippen LogP contribution in [-0.2, 0) is 4.74 Å². The van der Waals surface area contributed by atoms with Crippen LogP contribution in [-0.4, -0.2) is 21.8 Å². The van der Waals surface area contributed by atoms with E-state index in [2.05, 4.69) is 9.72 Å². The third-order valence-electron chi connectivity index (χ3n) is 1.90. The van der Waals surface area contributed by atoms with Gasteiger partial charge in [0.25, 0.3) is 0 Å². The van der Waals surface area contributed by atoms with E-state index < -0.39 is 24.9 Å². The van der Waals surface area contributed by atoms with Gasteiger partial charge in [0.05, 0.1) is 6.33 Å². The van der Waals surface area contributed by atoms with Crippen LogP contribution in [0.4, 0.5) is 22.0 Å². The predicted molar refractivity (Wildman–Crippen MR) is 48.3 cm³/mol. The fourth-order valence-electron chi connectivity index (χ4n) is 1.22. The first kappa shape index (κ1) is 13.9. The average molecular weight is 258 g/mol. The summed E-state index contributed by atoms with van der Waals surface area (Å²) in [7, 11) is 0. The molecule has 1 aromatic rings. The first-order valence-electron chi connectivity index (χ1n) is 4.86. The summed E-state index contributed by atoms with van der Waals surface area (Å²) in [6, 6.07) is 0. The van der Waals surface area contributed by atoms with Crippen molar-refractivity contribution in [2.45, 2.75) is 38.3 Å². The van der Waals surface area contributed by atoms with Crippen molar-refractivity contribution in [1.82, 2.24) is 9.55 Å². The van der Waals surface area contributed by atoms with Crippen LogP contribution in [0.5, 0.6) is 0 Å². The van der Waals surface area contributed by atoms with Crippen molar-refractivity contribution >= 4 is 0 Å². The lowest BCUT2D eigenvalue weighted by molar-refractivity contribution is -0.349. The summed E-state index contributed by atoms with van der Waals surface area (Å²) < 4.78 is 68.0. The fourth-order valence-corrected chi connectivity index (χ4v) is 1.22. The van der Waals surface area contributed by atoms with Crippen LogP contribution < -0.4 is 0 Å². The normalized spacial score (nSPS) is 14.9. The number of imidazole rings is 1. The van der Waals surface area contributed by atoms with Crippen LogP contribution in [0.25, 0.3) is 0 Å². The van der Waals surface area contributed by atoms with Crippen LogP contribution in [0.15, 0.2) is 18.7 Å². The molecule has 3 nitrogen and oxygen atoms in total. The highest BCUT2D eigenvalue weighted by atomic mass is 19.4. The maximum absolute atomic E-state index is 13.0. The van der Waals surface area contributed by atoms with Gasteiger partial charge in [-0.2, -0.15) is 22.0 Å². The minimum Gasteiger partial charge on any atom is -0.303 e. The summed E-state index contributed by atoms with van der Waals surface area (Å²) in [5.74, 6) is 0. The maximum atomic E-state index is 13.0. The Morgan fingerprint density at radius 2 is 1.94 bits per heavy atom. The summed E-state index contributed by atoms with van der Waals surface area (Å²) in [6.07, 6.45) is -9.49. The molecule has 0 saturated heterocycles. The van der Waals surface area contributed by atoms with E-state index >= 15 is 0 Å². The van der Waals surface area contributed by atoms with Gasteiger partial charge in [-0.3, -0.25) is 4.74 Å². The Hall–Kier alpha value is -1.18. The molecule has 0 aromatic carbocycles. The van der Waals surface area contributed by atoms with Crippen LogP contribution in [0.2, 0.25) is 0 Å². The lowest BCUT2D eigenvalue weighted by Crippen LogP contribution is -2.35. The quantitative estimate of drug-likeness (QED) is 0.757. The van der Waals surface area contributed by atoms with E-state index in [1.54, 1.807) is 0 Å². The Morgan fingerprint density at radius 3 is 2.35 bits per heavy atom. The van der Waals surface area contributed by atoms with Crippen molar-refractivity contribution in [3.63, 3.8) is 0 Å². The maximum Gasteiger partial charge on any atom is 0.434 e. The second-order valence-electron chi connectivity index (χ2n) is 3.41. The summed E-state index contributed by atoms with van der Waals surface area (Å²) in [6.45, 7) is 1.43. The molecule has 0 N–H and O–H groups in total. The third kappa shape index (κ3) is 3.95. The van der Waals surface area contributed by atoms with Crippen LogP contribution in [0, 0.1) is 0 Å². The number of alkyl halides is 5. The van der Waals surface area contributed by atoms with Gasteiger partial charge >= 0.3 is 12.3 Å². The van der Waals surface area contributed by atoms with E-state index in [0.29, 0.717) is 4.57 Å². The van der Waals surface area contributed by atoms with Gasteiger partial charge in [0, 0.05) is 18.8 Å².